The summed E-state index contributed by atoms with van der Waals surface area (Å²) in [6.07, 6.45) is 4.84. The van der Waals surface area contributed by atoms with Crippen LogP contribution in [-0.2, 0) is 4.74 Å². The first kappa shape index (κ1) is 7.76. The van der Waals surface area contributed by atoms with E-state index in [1.54, 1.807) is 0 Å². The van der Waals surface area contributed by atoms with Crippen LogP contribution in [0.5, 0.6) is 0 Å². The molecule has 1 atom stereocenters. The summed E-state index contributed by atoms with van der Waals surface area (Å²) in [5, 5.41) is 10.1. The zero-order valence-electron chi connectivity index (χ0n) is 6.92. The van der Waals surface area contributed by atoms with E-state index in [9.17, 15) is 0 Å². The number of hydrogen-bond acceptors (Lipinski definition) is 3. The number of H-pyrrole nitrogens is 1. The van der Waals surface area contributed by atoms with Crippen molar-refractivity contribution in [2.45, 2.75) is 12.5 Å². The minimum Gasteiger partial charge on any atom is -0.379 e. The van der Waals surface area contributed by atoms with Crippen molar-refractivity contribution < 1.29 is 4.74 Å². The Labute approximate surface area is 71.3 Å². The van der Waals surface area contributed by atoms with Gasteiger partial charge in [0.05, 0.1) is 18.8 Å². The number of aromatic nitrogens is 2. The van der Waals surface area contributed by atoms with Gasteiger partial charge in [-0.3, -0.25) is 5.10 Å². The smallest absolute Gasteiger partial charge is 0.0662 e. The zero-order chi connectivity index (χ0) is 8.23. The van der Waals surface area contributed by atoms with Crippen LogP contribution < -0.4 is 5.32 Å². The topological polar surface area (TPSA) is 49.9 Å². The average Bonchev–Trinajstić information content (AvgIpc) is 2.48. The largest absolute Gasteiger partial charge is 0.379 e. The van der Waals surface area contributed by atoms with Crippen molar-refractivity contribution in [2.75, 3.05) is 19.8 Å². The van der Waals surface area contributed by atoms with Gasteiger partial charge in [-0.05, 0) is 13.0 Å². The lowest BCUT2D eigenvalue weighted by molar-refractivity contribution is 0.131. The van der Waals surface area contributed by atoms with E-state index in [0.717, 1.165) is 26.2 Å². The van der Waals surface area contributed by atoms with E-state index >= 15 is 0 Å². The second-order valence-electron chi connectivity index (χ2n) is 2.97. The third-order valence-electron chi connectivity index (χ3n) is 2.06. The van der Waals surface area contributed by atoms with E-state index < -0.39 is 0 Å². The van der Waals surface area contributed by atoms with Crippen LogP contribution in [0.3, 0.4) is 0 Å². The SMILES string of the molecule is c1n[nH]cc1C1COCCCN1. The fraction of sp³-hybridized carbons (Fsp3) is 0.625. The molecule has 0 radical (unpaired) electrons. The van der Waals surface area contributed by atoms with Crippen molar-refractivity contribution >= 4 is 0 Å². The highest BCUT2D eigenvalue weighted by Crippen LogP contribution is 2.12. The Morgan fingerprint density at radius 3 is 3.42 bits per heavy atom. The van der Waals surface area contributed by atoms with Crippen LogP contribution in [0, 0.1) is 0 Å². The molecule has 4 nitrogen and oxygen atoms in total. The highest BCUT2D eigenvalue weighted by atomic mass is 16.5. The molecule has 0 bridgehead atoms. The van der Waals surface area contributed by atoms with Gasteiger partial charge in [0.15, 0.2) is 0 Å². The van der Waals surface area contributed by atoms with Crippen LogP contribution >= 0.6 is 0 Å². The van der Waals surface area contributed by atoms with Crippen molar-refractivity contribution in [2.24, 2.45) is 0 Å². The Kier molecular flexibility index (Phi) is 2.39. The van der Waals surface area contributed by atoms with Crippen LogP contribution in [0.25, 0.3) is 0 Å². The Balaban J connectivity index is 2.02. The lowest BCUT2D eigenvalue weighted by Gasteiger charge is -2.12. The number of ether oxygens (including phenoxy) is 1. The summed E-state index contributed by atoms with van der Waals surface area (Å²) in [5.41, 5.74) is 1.18. The summed E-state index contributed by atoms with van der Waals surface area (Å²) >= 11 is 0. The maximum Gasteiger partial charge on any atom is 0.0662 e. The first-order valence-electron chi connectivity index (χ1n) is 4.26. The Morgan fingerprint density at radius 2 is 2.58 bits per heavy atom. The van der Waals surface area contributed by atoms with Crippen molar-refractivity contribution in [3.05, 3.63) is 18.0 Å². The molecule has 1 unspecified atom stereocenters. The predicted octanol–water partition coefficient (Wildman–Crippen LogP) is 0.461. The standard InChI is InChI=1S/C8H13N3O/c1-2-9-8(6-12-3-1)7-4-10-11-5-7/h4-5,8-9H,1-3,6H2,(H,10,11). The molecule has 1 aliphatic heterocycles. The number of hydrogen-bond donors (Lipinski definition) is 2. The van der Waals surface area contributed by atoms with Crippen molar-refractivity contribution in [3.63, 3.8) is 0 Å². The molecule has 0 aliphatic carbocycles. The Hall–Kier alpha value is -0.870. The van der Waals surface area contributed by atoms with Gasteiger partial charge < -0.3 is 10.1 Å². The van der Waals surface area contributed by atoms with Gasteiger partial charge in [0, 0.05) is 18.4 Å². The van der Waals surface area contributed by atoms with Gasteiger partial charge in [-0.25, -0.2) is 0 Å². The van der Waals surface area contributed by atoms with Gasteiger partial charge in [0.25, 0.3) is 0 Å². The monoisotopic (exact) mass is 167 g/mol. The van der Waals surface area contributed by atoms with E-state index in [4.69, 9.17) is 4.74 Å². The van der Waals surface area contributed by atoms with E-state index in [1.807, 2.05) is 12.4 Å². The molecule has 0 saturated carbocycles. The van der Waals surface area contributed by atoms with E-state index in [1.165, 1.54) is 5.56 Å². The van der Waals surface area contributed by atoms with Gasteiger partial charge in [-0.1, -0.05) is 0 Å². The average molecular weight is 167 g/mol. The fourth-order valence-electron chi connectivity index (χ4n) is 1.38. The fourth-order valence-corrected chi connectivity index (χ4v) is 1.38. The lowest BCUT2D eigenvalue weighted by Crippen LogP contribution is -2.22. The second-order valence-corrected chi connectivity index (χ2v) is 2.97. The maximum absolute atomic E-state index is 5.43. The molecule has 0 aromatic carbocycles. The van der Waals surface area contributed by atoms with E-state index in [-0.39, 0.29) is 0 Å². The van der Waals surface area contributed by atoms with Crippen LogP contribution in [0.4, 0.5) is 0 Å². The molecule has 0 spiro atoms. The van der Waals surface area contributed by atoms with E-state index in [0.29, 0.717) is 6.04 Å². The van der Waals surface area contributed by atoms with Crippen LogP contribution in [0.1, 0.15) is 18.0 Å². The van der Waals surface area contributed by atoms with Gasteiger partial charge >= 0.3 is 0 Å². The third kappa shape index (κ3) is 1.65. The zero-order valence-corrected chi connectivity index (χ0v) is 6.92. The van der Waals surface area contributed by atoms with Crippen LogP contribution in [0.2, 0.25) is 0 Å². The molecule has 1 aromatic heterocycles. The van der Waals surface area contributed by atoms with Gasteiger partial charge in [0.1, 0.15) is 0 Å². The predicted molar refractivity (Wildman–Crippen MR) is 44.8 cm³/mol. The summed E-state index contributed by atoms with van der Waals surface area (Å²) in [5.74, 6) is 0. The first-order valence-corrected chi connectivity index (χ1v) is 4.26. The molecule has 4 heteroatoms. The Morgan fingerprint density at radius 1 is 1.58 bits per heavy atom. The molecule has 2 rings (SSSR count). The number of aromatic amines is 1. The minimum absolute atomic E-state index is 0.311. The number of rotatable bonds is 1. The molecule has 2 N–H and O–H groups in total. The number of nitrogens with zero attached hydrogens (tertiary/aromatic N) is 1. The highest BCUT2D eigenvalue weighted by molar-refractivity contribution is 5.09. The van der Waals surface area contributed by atoms with Crippen molar-refractivity contribution in [3.8, 4) is 0 Å². The third-order valence-corrected chi connectivity index (χ3v) is 2.06. The molecule has 0 amide bonds. The summed E-state index contributed by atoms with van der Waals surface area (Å²) in [4.78, 5) is 0. The summed E-state index contributed by atoms with van der Waals surface area (Å²) in [6, 6.07) is 0.311. The molecule has 1 aliphatic rings. The Bertz CT molecular complexity index is 214. The van der Waals surface area contributed by atoms with Crippen molar-refractivity contribution in [1.29, 1.82) is 0 Å². The molecule has 2 heterocycles. The highest BCUT2D eigenvalue weighted by Gasteiger charge is 2.14. The van der Waals surface area contributed by atoms with E-state index in [2.05, 4.69) is 15.5 Å². The second kappa shape index (κ2) is 3.69. The molecule has 1 aromatic rings. The van der Waals surface area contributed by atoms with Gasteiger partial charge in [0.2, 0.25) is 0 Å². The lowest BCUT2D eigenvalue weighted by atomic mass is 10.2. The normalized spacial score (nSPS) is 25.2. The summed E-state index contributed by atoms with van der Waals surface area (Å²) < 4.78 is 5.43. The molecular formula is C8H13N3O. The minimum atomic E-state index is 0.311. The molecule has 1 saturated heterocycles. The number of nitrogens with one attached hydrogen (secondary N) is 2. The molecule has 1 fully saturated rings. The van der Waals surface area contributed by atoms with Gasteiger partial charge in [-0.15, -0.1) is 0 Å². The molecule has 66 valence electrons. The van der Waals surface area contributed by atoms with Gasteiger partial charge in [-0.2, -0.15) is 5.10 Å². The van der Waals surface area contributed by atoms with Crippen molar-refractivity contribution in [1.82, 2.24) is 15.5 Å². The summed E-state index contributed by atoms with van der Waals surface area (Å²) in [7, 11) is 0. The summed E-state index contributed by atoms with van der Waals surface area (Å²) in [6.45, 7) is 2.64. The quantitative estimate of drug-likeness (QED) is 0.639. The molecule has 12 heavy (non-hydrogen) atoms. The molecular weight excluding hydrogens is 154 g/mol. The first-order chi connectivity index (χ1) is 5.97. The van der Waals surface area contributed by atoms with Crippen LogP contribution in [0.15, 0.2) is 12.4 Å². The van der Waals surface area contributed by atoms with Crippen LogP contribution in [-0.4, -0.2) is 30.0 Å². The maximum atomic E-state index is 5.43.